The van der Waals surface area contributed by atoms with E-state index < -0.39 is 6.10 Å². The van der Waals surface area contributed by atoms with Crippen LogP contribution in [0.3, 0.4) is 0 Å². The molecule has 2 aromatic rings. The van der Waals surface area contributed by atoms with Crippen LogP contribution in [0.1, 0.15) is 29.4 Å². The second kappa shape index (κ2) is 8.45. The summed E-state index contributed by atoms with van der Waals surface area (Å²) in [4.78, 5) is 34.6. The number of aliphatic hydroxyl groups is 1. The highest BCUT2D eigenvalue weighted by Crippen LogP contribution is 2.27. The summed E-state index contributed by atoms with van der Waals surface area (Å²) in [5.74, 6) is -0.571. The van der Waals surface area contributed by atoms with Crippen LogP contribution >= 0.6 is 11.6 Å². The molecule has 27 heavy (non-hydrogen) atoms. The maximum atomic E-state index is 13.0. The van der Waals surface area contributed by atoms with Gasteiger partial charge in [0.15, 0.2) is 0 Å². The minimum absolute atomic E-state index is 0.119. The van der Waals surface area contributed by atoms with Crippen LogP contribution < -0.4 is 5.32 Å². The first-order valence-corrected chi connectivity index (χ1v) is 9.17. The molecule has 0 unspecified atom stereocenters. The van der Waals surface area contributed by atoms with Gasteiger partial charge in [-0.1, -0.05) is 18.5 Å². The molecular formula is C19H21ClN4O3. The van der Waals surface area contributed by atoms with Gasteiger partial charge in [-0.05, 0) is 24.6 Å². The lowest BCUT2D eigenvalue weighted by molar-refractivity contribution is -0.115. The molecule has 2 heterocycles. The van der Waals surface area contributed by atoms with Crippen LogP contribution in [-0.2, 0) is 11.2 Å². The number of carbonyl (C=O) groups excluding carboxylic acids is 2. The van der Waals surface area contributed by atoms with Crippen molar-refractivity contribution in [2.45, 2.75) is 25.9 Å². The van der Waals surface area contributed by atoms with Gasteiger partial charge in [0.05, 0.1) is 23.0 Å². The smallest absolute Gasteiger partial charge is 0.256 e. The zero-order chi connectivity index (χ0) is 19.4. The van der Waals surface area contributed by atoms with Crippen molar-refractivity contribution in [2.24, 2.45) is 5.92 Å². The summed E-state index contributed by atoms with van der Waals surface area (Å²) in [5, 5.41) is 13.5. The first-order valence-electron chi connectivity index (χ1n) is 8.79. The van der Waals surface area contributed by atoms with Gasteiger partial charge in [0, 0.05) is 49.0 Å². The fourth-order valence-corrected chi connectivity index (χ4v) is 3.31. The summed E-state index contributed by atoms with van der Waals surface area (Å²) in [6.07, 6.45) is 5.06. The number of amides is 2. The molecule has 1 aromatic carbocycles. The summed E-state index contributed by atoms with van der Waals surface area (Å²) in [6.45, 7) is 2.36. The van der Waals surface area contributed by atoms with E-state index in [4.69, 9.17) is 11.6 Å². The van der Waals surface area contributed by atoms with E-state index in [2.05, 4.69) is 15.3 Å². The van der Waals surface area contributed by atoms with Crippen molar-refractivity contribution in [1.82, 2.24) is 14.9 Å². The van der Waals surface area contributed by atoms with Crippen LogP contribution in [0.15, 0.2) is 36.8 Å². The number of likely N-dealkylation sites (tertiary alicyclic amines) is 1. The first kappa shape index (κ1) is 19.3. The lowest BCUT2D eigenvalue weighted by atomic mass is 10.0. The Morgan fingerprint density at radius 3 is 2.85 bits per heavy atom. The highest BCUT2D eigenvalue weighted by atomic mass is 35.5. The molecule has 142 valence electrons. The predicted octanol–water partition coefficient (Wildman–Crippen LogP) is 2.15. The van der Waals surface area contributed by atoms with E-state index in [9.17, 15) is 14.7 Å². The molecule has 3 rings (SSSR count). The first-order chi connectivity index (χ1) is 13.0. The number of rotatable bonds is 5. The summed E-state index contributed by atoms with van der Waals surface area (Å²) in [5.41, 5.74) is 1.51. The summed E-state index contributed by atoms with van der Waals surface area (Å²) in [7, 11) is 0. The maximum absolute atomic E-state index is 13.0. The fraction of sp³-hybridized carbons (Fsp3) is 0.368. The van der Waals surface area contributed by atoms with Crippen LogP contribution in [0, 0.1) is 5.92 Å². The van der Waals surface area contributed by atoms with Crippen LogP contribution in [0.25, 0.3) is 0 Å². The van der Waals surface area contributed by atoms with Gasteiger partial charge < -0.3 is 15.3 Å². The van der Waals surface area contributed by atoms with Crippen molar-refractivity contribution < 1.29 is 14.7 Å². The number of aliphatic hydroxyl groups excluding tert-OH is 1. The van der Waals surface area contributed by atoms with Gasteiger partial charge >= 0.3 is 0 Å². The van der Waals surface area contributed by atoms with Gasteiger partial charge in [-0.15, -0.1) is 0 Å². The molecule has 1 aromatic heterocycles. The number of benzene rings is 1. The topological polar surface area (TPSA) is 95.4 Å². The number of hydrogen-bond donors (Lipinski definition) is 2. The van der Waals surface area contributed by atoms with Crippen LogP contribution in [0.5, 0.6) is 0 Å². The summed E-state index contributed by atoms with van der Waals surface area (Å²) >= 11 is 6.02. The zero-order valence-corrected chi connectivity index (χ0v) is 15.7. The largest absolute Gasteiger partial charge is 0.391 e. The van der Waals surface area contributed by atoms with Crippen molar-refractivity contribution in [1.29, 1.82) is 0 Å². The third-order valence-electron chi connectivity index (χ3n) is 4.59. The minimum Gasteiger partial charge on any atom is -0.391 e. The molecule has 0 saturated carbocycles. The Balaban J connectivity index is 1.75. The number of carbonyl (C=O) groups is 2. The molecule has 1 saturated heterocycles. The molecule has 7 nitrogen and oxygen atoms in total. The molecule has 2 N–H and O–H groups in total. The van der Waals surface area contributed by atoms with E-state index in [1.54, 1.807) is 48.6 Å². The lowest BCUT2D eigenvalue weighted by Gasteiger charge is -2.19. The van der Waals surface area contributed by atoms with Gasteiger partial charge in [-0.3, -0.25) is 19.6 Å². The number of nitrogens with one attached hydrogen (secondary N) is 1. The molecule has 0 bridgehead atoms. The molecular weight excluding hydrogens is 368 g/mol. The Morgan fingerprint density at radius 1 is 1.33 bits per heavy atom. The Morgan fingerprint density at radius 2 is 2.15 bits per heavy atom. The Labute approximate surface area is 162 Å². The van der Waals surface area contributed by atoms with Gasteiger partial charge in [-0.2, -0.15) is 0 Å². The van der Waals surface area contributed by atoms with Crippen molar-refractivity contribution in [2.75, 3.05) is 18.4 Å². The fourth-order valence-electron chi connectivity index (χ4n) is 3.14. The molecule has 2 amide bonds. The molecule has 1 fully saturated rings. The highest BCUT2D eigenvalue weighted by molar-refractivity contribution is 6.31. The lowest BCUT2D eigenvalue weighted by Crippen LogP contribution is -2.30. The third kappa shape index (κ3) is 4.61. The third-order valence-corrected chi connectivity index (χ3v) is 4.82. The van der Waals surface area contributed by atoms with Crippen molar-refractivity contribution >= 4 is 29.1 Å². The normalized spacial score (nSPS) is 19.1. The van der Waals surface area contributed by atoms with Crippen LogP contribution in [0.2, 0.25) is 5.02 Å². The Bertz CT molecular complexity index is 831. The molecule has 0 spiro atoms. The molecule has 2 atom stereocenters. The number of anilines is 1. The van der Waals surface area contributed by atoms with Gasteiger partial charge in [0.25, 0.3) is 5.91 Å². The molecule has 8 heteroatoms. The van der Waals surface area contributed by atoms with E-state index in [1.165, 1.54) is 0 Å². The number of hydrogen-bond acceptors (Lipinski definition) is 5. The molecule has 1 aliphatic heterocycles. The number of nitrogens with zero attached hydrogens (tertiary/aromatic N) is 3. The molecule has 0 aliphatic carbocycles. The molecule has 1 aliphatic rings. The predicted molar refractivity (Wildman–Crippen MR) is 102 cm³/mol. The van der Waals surface area contributed by atoms with E-state index in [0.717, 1.165) is 5.69 Å². The second-order valence-corrected chi connectivity index (χ2v) is 6.97. The van der Waals surface area contributed by atoms with E-state index >= 15 is 0 Å². The van der Waals surface area contributed by atoms with Crippen LogP contribution in [0.4, 0.5) is 5.69 Å². The summed E-state index contributed by atoms with van der Waals surface area (Å²) < 4.78 is 0. The zero-order valence-electron chi connectivity index (χ0n) is 14.9. The average molecular weight is 389 g/mol. The van der Waals surface area contributed by atoms with Crippen LogP contribution in [-0.4, -0.2) is 51.0 Å². The number of halogens is 1. The highest BCUT2D eigenvalue weighted by Gasteiger charge is 2.35. The van der Waals surface area contributed by atoms with Gasteiger partial charge in [-0.25, -0.2) is 0 Å². The van der Waals surface area contributed by atoms with E-state index in [-0.39, 0.29) is 24.3 Å². The van der Waals surface area contributed by atoms with Crippen molar-refractivity contribution in [3.05, 3.63) is 53.1 Å². The number of aromatic nitrogens is 2. The average Bonchev–Trinajstić information content (AvgIpc) is 3.02. The summed E-state index contributed by atoms with van der Waals surface area (Å²) in [6, 6.07) is 4.77. The van der Waals surface area contributed by atoms with Gasteiger partial charge in [0.1, 0.15) is 0 Å². The standard InChI is InChI=1S/C19H21ClN4O3/c1-2-18(26)23-16-8-13(20)3-4-15(16)19(27)24-10-12(17(25)11-24)7-14-9-21-5-6-22-14/h3-6,8-9,12,17,25H,2,7,10-11H2,1H3,(H,23,26)/t12-,17-/m1/s1. The maximum Gasteiger partial charge on any atom is 0.256 e. The second-order valence-electron chi connectivity index (χ2n) is 6.53. The quantitative estimate of drug-likeness (QED) is 0.818. The Hall–Kier alpha value is -2.51. The van der Waals surface area contributed by atoms with Crippen molar-refractivity contribution in [3.8, 4) is 0 Å². The van der Waals surface area contributed by atoms with Gasteiger partial charge in [0.2, 0.25) is 5.91 Å². The minimum atomic E-state index is -0.642. The monoisotopic (exact) mass is 388 g/mol. The van der Waals surface area contributed by atoms with E-state index in [1.807, 2.05) is 0 Å². The SMILES string of the molecule is CCC(=O)Nc1cc(Cl)ccc1C(=O)N1C[C@@H](Cc2cnccn2)[C@H](O)C1. The van der Waals surface area contributed by atoms with E-state index in [0.29, 0.717) is 35.7 Å². The molecule has 0 radical (unpaired) electrons. The Kier molecular flexibility index (Phi) is 6.03. The number of β-amino-alcohol motifs (C(OH)–C–C–N with tert-alkyl or cyclic N) is 1. The van der Waals surface area contributed by atoms with Crippen molar-refractivity contribution in [3.63, 3.8) is 0 Å².